The lowest BCUT2D eigenvalue weighted by Crippen LogP contribution is -2.32. The number of aryl methyl sites for hydroxylation is 1. The fourth-order valence-electron chi connectivity index (χ4n) is 1.73. The quantitative estimate of drug-likeness (QED) is 0.456. The highest BCUT2D eigenvalue weighted by atomic mass is 16.5. The maximum atomic E-state index is 11.6. The summed E-state index contributed by atoms with van der Waals surface area (Å²) in [4.78, 5) is 23.0. The van der Waals surface area contributed by atoms with Crippen LogP contribution in [0.3, 0.4) is 0 Å². The van der Waals surface area contributed by atoms with Gasteiger partial charge < -0.3 is 21.1 Å². The van der Waals surface area contributed by atoms with Crippen molar-refractivity contribution in [2.45, 2.75) is 19.3 Å². The summed E-state index contributed by atoms with van der Waals surface area (Å²) in [6.45, 7) is 1.32. The Morgan fingerprint density at radius 2 is 1.67 bits per heavy atom. The highest BCUT2D eigenvalue weighted by Crippen LogP contribution is 2.07. The summed E-state index contributed by atoms with van der Waals surface area (Å²) in [5.41, 5.74) is 7.37. The van der Waals surface area contributed by atoms with E-state index in [4.69, 9.17) is 10.5 Å². The number of carbonyl (C=O) groups is 2. The van der Waals surface area contributed by atoms with E-state index in [0.717, 1.165) is 5.56 Å². The molecule has 6 heteroatoms. The van der Waals surface area contributed by atoms with E-state index in [-0.39, 0.29) is 18.2 Å². The molecule has 0 aliphatic rings. The molecule has 0 aliphatic heterocycles. The van der Waals surface area contributed by atoms with Crippen molar-refractivity contribution >= 4 is 17.5 Å². The molecule has 0 spiro atoms. The molecule has 1 aromatic rings. The number of ether oxygens (including phenoxy) is 1. The van der Waals surface area contributed by atoms with E-state index in [2.05, 4.69) is 10.6 Å². The second-order valence-corrected chi connectivity index (χ2v) is 4.68. The van der Waals surface area contributed by atoms with Crippen LogP contribution in [-0.2, 0) is 20.7 Å². The molecule has 4 N–H and O–H groups in total. The van der Waals surface area contributed by atoms with E-state index in [1.807, 2.05) is 24.3 Å². The normalized spacial score (nSPS) is 10.1. The lowest BCUT2D eigenvalue weighted by molar-refractivity contribution is -0.122. The number of hydrogen-bond acceptors (Lipinski definition) is 4. The molecule has 2 amide bonds. The standard InChI is InChI=1S/C15H23N3O3/c1-21-11-10-18-15(20)8-9-17-14(19)7-4-12-2-5-13(16)6-3-12/h2-3,5-6H,4,7-11,16H2,1H3,(H,17,19)(H,18,20). The van der Waals surface area contributed by atoms with Gasteiger partial charge in [-0.25, -0.2) is 0 Å². The smallest absolute Gasteiger partial charge is 0.221 e. The van der Waals surface area contributed by atoms with E-state index in [9.17, 15) is 9.59 Å². The van der Waals surface area contributed by atoms with Gasteiger partial charge in [0.15, 0.2) is 0 Å². The maximum Gasteiger partial charge on any atom is 0.221 e. The van der Waals surface area contributed by atoms with Crippen LogP contribution >= 0.6 is 0 Å². The number of nitrogens with one attached hydrogen (secondary N) is 2. The Kier molecular flexibility index (Phi) is 7.89. The molecule has 0 radical (unpaired) electrons. The van der Waals surface area contributed by atoms with Crippen molar-refractivity contribution in [1.82, 2.24) is 10.6 Å². The zero-order valence-electron chi connectivity index (χ0n) is 12.4. The first-order valence-electron chi connectivity index (χ1n) is 6.98. The third-order valence-electron chi connectivity index (χ3n) is 2.92. The van der Waals surface area contributed by atoms with Gasteiger partial charge in [-0.1, -0.05) is 12.1 Å². The Morgan fingerprint density at radius 3 is 2.33 bits per heavy atom. The summed E-state index contributed by atoms with van der Waals surface area (Å²) < 4.78 is 4.82. The third kappa shape index (κ3) is 7.94. The molecule has 1 rings (SSSR count). The molecule has 116 valence electrons. The van der Waals surface area contributed by atoms with E-state index in [1.54, 1.807) is 7.11 Å². The first-order valence-corrected chi connectivity index (χ1v) is 6.98. The second kappa shape index (κ2) is 9.77. The Labute approximate surface area is 125 Å². The monoisotopic (exact) mass is 293 g/mol. The second-order valence-electron chi connectivity index (χ2n) is 4.68. The fourth-order valence-corrected chi connectivity index (χ4v) is 1.73. The maximum absolute atomic E-state index is 11.6. The molecule has 0 atom stereocenters. The average molecular weight is 293 g/mol. The topological polar surface area (TPSA) is 93.5 Å². The largest absolute Gasteiger partial charge is 0.399 e. The average Bonchev–Trinajstić information content (AvgIpc) is 2.47. The van der Waals surface area contributed by atoms with Gasteiger partial charge in [-0.15, -0.1) is 0 Å². The van der Waals surface area contributed by atoms with Crippen molar-refractivity contribution in [3.8, 4) is 0 Å². The molecular formula is C15H23N3O3. The van der Waals surface area contributed by atoms with Crippen LogP contribution in [0.15, 0.2) is 24.3 Å². The van der Waals surface area contributed by atoms with Crippen LogP contribution in [0.25, 0.3) is 0 Å². The molecule has 0 aliphatic carbocycles. The zero-order chi connectivity index (χ0) is 15.5. The summed E-state index contributed by atoms with van der Waals surface area (Å²) >= 11 is 0. The SMILES string of the molecule is COCCNC(=O)CCNC(=O)CCc1ccc(N)cc1. The van der Waals surface area contributed by atoms with Crippen molar-refractivity contribution in [2.75, 3.05) is 32.5 Å². The number of amides is 2. The molecule has 6 nitrogen and oxygen atoms in total. The van der Waals surface area contributed by atoms with Crippen LogP contribution in [0, 0.1) is 0 Å². The van der Waals surface area contributed by atoms with Gasteiger partial charge in [0.2, 0.25) is 11.8 Å². The summed E-state index contributed by atoms with van der Waals surface area (Å²) in [6, 6.07) is 7.45. The first kappa shape index (κ1) is 17.0. The summed E-state index contributed by atoms with van der Waals surface area (Å²) in [5, 5.41) is 5.42. The minimum atomic E-state index is -0.0918. The molecule has 0 saturated heterocycles. The minimum Gasteiger partial charge on any atom is -0.399 e. The van der Waals surface area contributed by atoms with Crippen molar-refractivity contribution in [3.63, 3.8) is 0 Å². The lowest BCUT2D eigenvalue weighted by Gasteiger charge is -2.06. The van der Waals surface area contributed by atoms with E-state index < -0.39 is 0 Å². The van der Waals surface area contributed by atoms with Gasteiger partial charge >= 0.3 is 0 Å². The Morgan fingerprint density at radius 1 is 1.05 bits per heavy atom. The molecule has 0 heterocycles. The first-order chi connectivity index (χ1) is 10.1. The van der Waals surface area contributed by atoms with Gasteiger partial charge in [-0.2, -0.15) is 0 Å². The van der Waals surface area contributed by atoms with Crippen molar-refractivity contribution in [3.05, 3.63) is 29.8 Å². The highest BCUT2D eigenvalue weighted by Gasteiger charge is 2.04. The van der Waals surface area contributed by atoms with Crippen molar-refractivity contribution in [1.29, 1.82) is 0 Å². The molecule has 21 heavy (non-hydrogen) atoms. The van der Waals surface area contributed by atoms with Gasteiger partial charge in [0.25, 0.3) is 0 Å². The molecule has 0 saturated carbocycles. The predicted molar refractivity (Wildman–Crippen MR) is 81.7 cm³/mol. The van der Waals surface area contributed by atoms with E-state index >= 15 is 0 Å². The van der Waals surface area contributed by atoms with Crippen molar-refractivity contribution in [2.24, 2.45) is 0 Å². The summed E-state index contributed by atoms with van der Waals surface area (Å²) in [6.07, 6.45) is 1.33. The molecular weight excluding hydrogens is 270 g/mol. The zero-order valence-corrected chi connectivity index (χ0v) is 12.4. The number of methoxy groups -OCH3 is 1. The minimum absolute atomic E-state index is 0.0588. The van der Waals surface area contributed by atoms with Gasteiger partial charge in [-0.05, 0) is 24.1 Å². The molecule has 0 bridgehead atoms. The van der Waals surface area contributed by atoms with Crippen LogP contribution < -0.4 is 16.4 Å². The molecule has 0 aromatic heterocycles. The molecule has 0 unspecified atom stereocenters. The van der Waals surface area contributed by atoms with E-state index in [1.165, 1.54) is 0 Å². The van der Waals surface area contributed by atoms with Crippen LogP contribution in [0.4, 0.5) is 5.69 Å². The Bertz CT molecular complexity index is 446. The van der Waals surface area contributed by atoms with Crippen LogP contribution in [0.1, 0.15) is 18.4 Å². The number of nitrogens with two attached hydrogens (primary N) is 1. The Balaban J connectivity index is 2.11. The summed E-state index contributed by atoms with van der Waals surface area (Å²) in [7, 11) is 1.58. The van der Waals surface area contributed by atoms with Gasteiger partial charge in [0.1, 0.15) is 0 Å². The number of carbonyl (C=O) groups excluding carboxylic acids is 2. The molecule has 0 fully saturated rings. The fraction of sp³-hybridized carbons (Fsp3) is 0.467. The summed E-state index contributed by atoms with van der Waals surface area (Å²) in [5.74, 6) is -0.151. The van der Waals surface area contributed by atoms with Gasteiger partial charge in [0, 0.05) is 38.7 Å². The highest BCUT2D eigenvalue weighted by molar-refractivity contribution is 5.79. The lowest BCUT2D eigenvalue weighted by atomic mass is 10.1. The van der Waals surface area contributed by atoms with Crippen LogP contribution in [0.5, 0.6) is 0 Å². The number of benzene rings is 1. The third-order valence-corrected chi connectivity index (χ3v) is 2.92. The van der Waals surface area contributed by atoms with E-state index in [0.29, 0.717) is 38.2 Å². The number of rotatable bonds is 9. The molecule has 1 aromatic carbocycles. The van der Waals surface area contributed by atoms with Gasteiger partial charge in [0.05, 0.1) is 6.61 Å². The number of nitrogen functional groups attached to an aromatic ring is 1. The van der Waals surface area contributed by atoms with Crippen LogP contribution in [0.2, 0.25) is 0 Å². The number of hydrogen-bond donors (Lipinski definition) is 3. The Hall–Kier alpha value is -2.08. The number of anilines is 1. The predicted octanol–water partition coefficient (Wildman–Crippen LogP) is 0.470. The van der Waals surface area contributed by atoms with Crippen molar-refractivity contribution < 1.29 is 14.3 Å². The van der Waals surface area contributed by atoms with Crippen LogP contribution in [-0.4, -0.2) is 38.6 Å². The van der Waals surface area contributed by atoms with Gasteiger partial charge in [-0.3, -0.25) is 9.59 Å².